The first-order valence-electron chi connectivity index (χ1n) is 8.43. The quantitative estimate of drug-likeness (QED) is 0.879. The second-order valence-corrected chi connectivity index (χ2v) is 6.36. The van der Waals surface area contributed by atoms with Gasteiger partial charge in [-0.2, -0.15) is 0 Å². The average Bonchev–Trinajstić information content (AvgIpc) is 2.66. The Morgan fingerprint density at radius 2 is 1.65 bits per heavy atom. The van der Waals surface area contributed by atoms with Crippen molar-refractivity contribution in [3.63, 3.8) is 0 Å². The van der Waals surface area contributed by atoms with Crippen molar-refractivity contribution in [2.45, 2.75) is 32.0 Å². The molecule has 0 bridgehead atoms. The summed E-state index contributed by atoms with van der Waals surface area (Å²) in [6.45, 7) is 1.71. The lowest BCUT2D eigenvalue weighted by atomic mass is 9.92. The number of aliphatic carboxylic acids is 1. The van der Waals surface area contributed by atoms with Crippen LogP contribution in [0.15, 0.2) is 54.6 Å². The fourth-order valence-corrected chi connectivity index (χ4v) is 3.09. The zero-order chi connectivity index (χ0) is 18.7. The number of hydrogen-bond acceptors (Lipinski definition) is 3. The first kappa shape index (κ1) is 17.7. The molecule has 0 saturated carbocycles. The smallest absolute Gasteiger partial charge is 0.325 e. The van der Waals surface area contributed by atoms with Crippen molar-refractivity contribution in [3.8, 4) is 0 Å². The van der Waals surface area contributed by atoms with Gasteiger partial charge in [0, 0.05) is 18.5 Å². The van der Waals surface area contributed by atoms with Gasteiger partial charge in [-0.3, -0.25) is 14.4 Å². The summed E-state index contributed by atoms with van der Waals surface area (Å²) < 4.78 is 0. The minimum absolute atomic E-state index is 0.247. The predicted molar refractivity (Wildman–Crippen MR) is 95.5 cm³/mol. The Morgan fingerprint density at radius 3 is 2.31 bits per heavy atom. The Kier molecular flexibility index (Phi) is 5.02. The summed E-state index contributed by atoms with van der Waals surface area (Å²) in [7, 11) is 0. The number of benzene rings is 2. The number of fused-ring (bicyclic) bond motifs is 1. The summed E-state index contributed by atoms with van der Waals surface area (Å²) in [6.07, 6.45) is 0.354. The van der Waals surface area contributed by atoms with Gasteiger partial charge in [0.1, 0.15) is 12.1 Å². The van der Waals surface area contributed by atoms with E-state index in [1.807, 2.05) is 30.3 Å². The van der Waals surface area contributed by atoms with E-state index in [1.54, 1.807) is 24.3 Å². The summed E-state index contributed by atoms with van der Waals surface area (Å²) in [5.74, 6) is -1.82. The monoisotopic (exact) mass is 352 g/mol. The molecule has 0 radical (unpaired) electrons. The van der Waals surface area contributed by atoms with Crippen molar-refractivity contribution in [3.05, 3.63) is 71.3 Å². The zero-order valence-corrected chi connectivity index (χ0v) is 14.4. The van der Waals surface area contributed by atoms with Crippen LogP contribution in [-0.4, -0.2) is 39.9 Å². The van der Waals surface area contributed by atoms with Crippen LogP contribution < -0.4 is 5.32 Å². The number of nitrogens with zero attached hydrogens (tertiary/aromatic N) is 1. The highest BCUT2D eigenvalue weighted by Crippen LogP contribution is 2.25. The van der Waals surface area contributed by atoms with Crippen LogP contribution in [0.4, 0.5) is 0 Å². The maximum Gasteiger partial charge on any atom is 0.325 e. The molecule has 6 heteroatoms. The standard InChI is InChI=1S/C20H20N2O4/c1-13(20(25)26)21-18(23)17-11-15-9-5-6-10-16(15)12-22(17)19(24)14-7-3-2-4-8-14/h2-10,13,17H,11-12H2,1H3,(H,21,23)(H,25,26)/t13-,17-/m0/s1. The summed E-state index contributed by atoms with van der Waals surface area (Å²) in [4.78, 5) is 38.2. The van der Waals surface area contributed by atoms with E-state index in [9.17, 15) is 14.4 Å². The molecule has 0 aromatic heterocycles. The lowest BCUT2D eigenvalue weighted by molar-refractivity contribution is -0.142. The molecule has 0 saturated heterocycles. The average molecular weight is 352 g/mol. The molecule has 2 amide bonds. The number of hydrogen-bond donors (Lipinski definition) is 2. The fraction of sp³-hybridized carbons (Fsp3) is 0.250. The van der Waals surface area contributed by atoms with Crippen LogP contribution in [0.25, 0.3) is 0 Å². The number of rotatable bonds is 4. The van der Waals surface area contributed by atoms with Crippen LogP contribution in [0.5, 0.6) is 0 Å². The first-order chi connectivity index (χ1) is 12.5. The van der Waals surface area contributed by atoms with E-state index < -0.39 is 24.0 Å². The fourth-order valence-electron chi connectivity index (χ4n) is 3.09. The minimum atomic E-state index is -1.12. The van der Waals surface area contributed by atoms with Crippen LogP contribution in [-0.2, 0) is 22.6 Å². The third-order valence-corrected chi connectivity index (χ3v) is 4.56. The van der Waals surface area contributed by atoms with Gasteiger partial charge in [-0.1, -0.05) is 42.5 Å². The molecule has 2 aromatic carbocycles. The molecule has 134 valence electrons. The van der Waals surface area contributed by atoms with Gasteiger partial charge >= 0.3 is 5.97 Å². The molecular weight excluding hydrogens is 332 g/mol. The Labute approximate surface area is 151 Å². The molecule has 26 heavy (non-hydrogen) atoms. The first-order valence-corrected chi connectivity index (χ1v) is 8.43. The van der Waals surface area contributed by atoms with Crippen molar-refractivity contribution in [2.24, 2.45) is 0 Å². The van der Waals surface area contributed by atoms with E-state index in [2.05, 4.69) is 5.32 Å². The maximum absolute atomic E-state index is 13.0. The van der Waals surface area contributed by atoms with Gasteiger partial charge in [0.2, 0.25) is 5.91 Å². The lowest BCUT2D eigenvalue weighted by Crippen LogP contribution is -2.55. The van der Waals surface area contributed by atoms with E-state index in [-0.39, 0.29) is 5.91 Å². The van der Waals surface area contributed by atoms with Gasteiger partial charge in [0.05, 0.1) is 0 Å². The third kappa shape index (κ3) is 3.59. The Balaban J connectivity index is 1.91. The van der Waals surface area contributed by atoms with Crippen LogP contribution in [0.1, 0.15) is 28.4 Å². The van der Waals surface area contributed by atoms with E-state index in [4.69, 9.17) is 5.11 Å². The van der Waals surface area contributed by atoms with Crippen molar-refractivity contribution < 1.29 is 19.5 Å². The molecular formula is C20H20N2O4. The summed E-state index contributed by atoms with van der Waals surface area (Å²) >= 11 is 0. The molecule has 1 aliphatic heterocycles. The van der Waals surface area contributed by atoms with Gasteiger partial charge < -0.3 is 15.3 Å². The maximum atomic E-state index is 13.0. The molecule has 1 heterocycles. The number of nitrogens with one attached hydrogen (secondary N) is 1. The van der Waals surface area contributed by atoms with Gasteiger partial charge in [-0.15, -0.1) is 0 Å². The third-order valence-electron chi connectivity index (χ3n) is 4.56. The van der Waals surface area contributed by atoms with Crippen LogP contribution in [0, 0.1) is 0 Å². The summed E-state index contributed by atoms with van der Waals surface area (Å²) in [5, 5.41) is 11.5. The molecule has 0 unspecified atom stereocenters. The molecule has 3 rings (SSSR count). The SMILES string of the molecule is C[C@H](NC(=O)[C@@H]1Cc2ccccc2CN1C(=O)c1ccccc1)C(=O)O. The molecule has 6 nitrogen and oxygen atoms in total. The number of amides is 2. The second kappa shape index (κ2) is 7.39. The van der Waals surface area contributed by atoms with Gasteiger partial charge in [-0.05, 0) is 30.2 Å². The van der Waals surface area contributed by atoms with E-state index >= 15 is 0 Å². The molecule has 0 spiro atoms. The Hall–Kier alpha value is -3.15. The molecule has 0 aliphatic carbocycles. The predicted octanol–water partition coefficient (Wildman–Crippen LogP) is 1.84. The molecule has 2 atom stereocenters. The van der Waals surface area contributed by atoms with E-state index in [1.165, 1.54) is 11.8 Å². The minimum Gasteiger partial charge on any atom is -0.480 e. The van der Waals surface area contributed by atoms with Gasteiger partial charge in [0.25, 0.3) is 5.91 Å². The number of carbonyl (C=O) groups is 3. The number of carboxylic acids is 1. The molecule has 2 aromatic rings. The molecule has 2 N–H and O–H groups in total. The largest absolute Gasteiger partial charge is 0.480 e. The highest BCUT2D eigenvalue weighted by atomic mass is 16.4. The highest BCUT2D eigenvalue weighted by molar-refractivity contribution is 5.98. The van der Waals surface area contributed by atoms with Crippen LogP contribution in [0.2, 0.25) is 0 Å². The number of carboxylic acid groups (broad SMARTS) is 1. The van der Waals surface area contributed by atoms with Crippen LogP contribution in [0.3, 0.4) is 0 Å². The highest BCUT2D eigenvalue weighted by Gasteiger charge is 2.35. The molecule has 0 fully saturated rings. The normalized spacial score (nSPS) is 17.1. The number of carbonyl (C=O) groups excluding carboxylic acids is 2. The van der Waals surface area contributed by atoms with Crippen molar-refractivity contribution >= 4 is 17.8 Å². The second-order valence-electron chi connectivity index (χ2n) is 6.36. The van der Waals surface area contributed by atoms with Gasteiger partial charge in [0.15, 0.2) is 0 Å². The van der Waals surface area contributed by atoms with Crippen molar-refractivity contribution in [2.75, 3.05) is 0 Å². The summed E-state index contributed by atoms with van der Waals surface area (Å²) in [5.41, 5.74) is 2.48. The molecule has 1 aliphatic rings. The Bertz CT molecular complexity index is 835. The van der Waals surface area contributed by atoms with E-state index in [0.29, 0.717) is 18.5 Å². The lowest BCUT2D eigenvalue weighted by Gasteiger charge is -2.36. The van der Waals surface area contributed by atoms with Crippen molar-refractivity contribution in [1.82, 2.24) is 10.2 Å². The van der Waals surface area contributed by atoms with Gasteiger partial charge in [-0.25, -0.2) is 0 Å². The van der Waals surface area contributed by atoms with E-state index in [0.717, 1.165) is 11.1 Å². The topological polar surface area (TPSA) is 86.7 Å². The van der Waals surface area contributed by atoms with Crippen LogP contribution >= 0.6 is 0 Å². The zero-order valence-electron chi connectivity index (χ0n) is 14.4. The van der Waals surface area contributed by atoms with Crippen molar-refractivity contribution in [1.29, 1.82) is 0 Å². The Morgan fingerprint density at radius 1 is 1.04 bits per heavy atom. The summed E-state index contributed by atoms with van der Waals surface area (Å²) in [6, 6.07) is 14.7.